The Hall–Kier alpha value is -2.01. The van der Waals surface area contributed by atoms with Crippen LogP contribution in [0.15, 0.2) is 24.3 Å². The first-order valence-electron chi connectivity index (χ1n) is 8.98. The van der Waals surface area contributed by atoms with Crippen molar-refractivity contribution in [3.8, 4) is 0 Å². The van der Waals surface area contributed by atoms with Gasteiger partial charge in [-0.2, -0.15) is 0 Å². The summed E-state index contributed by atoms with van der Waals surface area (Å²) < 4.78 is 0. The van der Waals surface area contributed by atoms with Crippen LogP contribution in [0.4, 0.5) is 0 Å². The lowest BCUT2D eigenvalue weighted by molar-refractivity contribution is -0.135. The molecule has 1 aromatic heterocycles. The topological polar surface area (TPSA) is 56.4 Å². The Balaban J connectivity index is 1.41. The van der Waals surface area contributed by atoms with Crippen molar-refractivity contribution < 1.29 is 9.59 Å². The molecular weight excluding hydrogens is 338 g/mol. The van der Waals surface area contributed by atoms with Gasteiger partial charge in [-0.25, -0.2) is 0 Å². The highest BCUT2D eigenvalue weighted by molar-refractivity contribution is 6.31. The molecule has 3 heterocycles. The van der Waals surface area contributed by atoms with Gasteiger partial charge in [-0.15, -0.1) is 0 Å². The lowest BCUT2D eigenvalue weighted by Gasteiger charge is -2.33. The van der Waals surface area contributed by atoms with Crippen LogP contribution in [-0.2, 0) is 4.79 Å². The number of fused-ring (bicyclic) bond motifs is 1. The summed E-state index contributed by atoms with van der Waals surface area (Å²) in [5.74, 6) is 0.355. The highest BCUT2D eigenvalue weighted by atomic mass is 35.5. The maximum absolute atomic E-state index is 12.8. The largest absolute Gasteiger partial charge is 0.351 e. The SMILES string of the molecule is O=C(c1cc2cc(Cl)ccc2[nH]1)N1CCC(C(=O)N2CCCC2)CC1. The van der Waals surface area contributed by atoms with Gasteiger partial charge in [0.2, 0.25) is 5.91 Å². The molecule has 0 aliphatic carbocycles. The van der Waals surface area contributed by atoms with Crippen LogP contribution in [-0.4, -0.2) is 52.8 Å². The molecule has 0 unspecified atom stereocenters. The number of piperidine rings is 1. The Kier molecular flexibility index (Phi) is 4.42. The number of aromatic nitrogens is 1. The summed E-state index contributed by atoms with van der Waals surface area (Å²) in [5.41, 5.74) is 1.49. The average molecular weight is 360 g/mol. The van der Waals surface area contributed by atoms with Crippen LogP contribution < -0.4 is 0 Å². The summed E-state index contributed by atoms with van der Waals surface area (Å²) in [4.78, 5) is 32.3. The third kappa shape index (κ3) is 3.25. The Morgan fingerprint density at radius 2 is 1.72 bits per heavy atom. The summed E-state index contributed by atoms with van der Waals surface area (Å²) >= 11 is 6.01. The van der Waals surface area contributed by atoms with Crippen molar-refractivity contribution in [2.75, 3.05) is 26.2 Å². The summed E-state index contributed by atoms with van der Waals surface area (Å²) in [5, 5.41) is 1.60. The number of rotatable bonds is 2. The quantitative estimate of drug-likeness (QED) is 0.894. The minimum absolute atomic E-state index is 0.000561. The molecule has 2 saturated heterocycles. The summed E-state index contributed by atoms with van der Waals surface area (Å²) in [7, 11) is 0. The van der Waals surface area contributed by atoms with E-state index in [1.165, 1.54) is 0 Å². The second kappa shape index (κ2) is 6.71. The molecule has 0 bridgehead atoms. The number of aromatic amines is 1. The highest BCUT2D eigenvalue weighted by Crippen LogP contribution is 2.25. The van der Waals surface area contributed by atoms with Crippen molar-refractivity contribution in [2.45, 2.75) is 25.7 Å². The van der Waals surface area contributed by atoms with Crippen molar-refractivity contribution in [1.82, 2.24) is 14.8 Å². The average Bonchev–Trinajstić information content (AvgIpc) is 3.30. The summed E-state index contributed by atoms with van der Waals surface area (Å²) in [6.45, 7) is 3.07. The normalized spacial score (nSPS) is 18.9. The van der Waals surface area contributed by atoms with Crippen molar-refractivity contribution in [3.63, 3.8) is 0 Å². The Morgan fingerprint density at radius 3 is 2.44 bits per heavy atom. The zero-order valence-electron chi connectivity index (χ0n) is 14.1. The molecule has 2 aliphatic heterocycles. The monoisotopic (exact) mass is 359 g/mol. The first-order chi connectivity index (χ1) is 12.1. The maximum atomic E-state index is 12.8. The predicted octanol–water partition coefficient (Wildman–Crippen LogP) is 3.30. The fraction of sp³-hybridized carbons (Fsp3) is 0.474. The van der Waals surface area contributed by atoms with E-state index in [9.17, 15) is 9.59 Å². The maximum Gasteiger partial charge on any atom is 0.270 e. The number of hydrogen-bond donors (Lipinski definition) is 1. The first-order valence-corrected chi connectivity index (χ1v) is 9.36. The van der Waals surface area contributed by atoms with E-state index in [1.54, 1.807) is 0 Å². The van der Waals surface area contributed by atoms with E-state index in [2.05, 4.69) is 4.98 Å². The molecular formula is C19H22ClN3O2. The summed E-state index contributed by atoms with van der Waals surface area (Å²) in [6.07, 6.45) is 3.75. The third-order valence-corrected chi connectivity index (χ3v) is 5.60. The van der Waals surface area contributed by atoms with Gasteiger partial charge in [-0.1, -0.05) is 11.6 Å². The van der Waals surface area contributed by atoms with E-state index in [4.69, 9.17) is 11.6 Å². The van der Waals surface area contributed by atoms with Gasteiger partial charge in [0.05, 0.1) is 0 Å². The number of nitrogens with one attached hydrogen (secondary N) is 1. The van der Waals surface area contributed by atoms with E-state index in [1.807, 2.05) is 34.1 Å². The zero-order valence-corrected chi connectivity index (χ0v) is 14.9. The highest BCUT2D eigenvalue weighted by Gasteiger charge is 2.31. The molecule has 2 fully saturated rings. The second-order valence-corrected chi connectivity index (χ2v) is 7.45. The summed E-state index contributed by atoms with van der Waals surface area (Å²) in [6, 6.07) is 7.40. The van der Waals surface area contributed by atoms with Gasteiger partial charge in [-0.05, 0) is 49.9 Å². The first kappa shape index (κ1) is 16.5. The number of H-pyrrole nitrogens is 1. The van der Waals surface area contributed by atoms with Crippen LogP contribution in [0.2, 0.25) is 5.02 Å². The van der Waals surface area contributed by atoms with Gasteiger partial charge < -0.3 is 14.8 Å². The van der Waals surface area contributed by atoms with Crippen molar-refractivity contribution in [3.05, 3.63) is 35.0 Å². The van der Waals surface area contributed by atoms with E-state index >= 15 is 0 Å². The van der Waals surface area contributed by atoms with Crippen molar-refractivity contribution in [1.29, 1.82) is 0 Å². The Morgan fingerprint density at radius 1 is 1.00 bits per heavy atom. The number of likely N-dealkylation sites (tertiary alicyclic amines) is 2. The molecule has 0 spiro atoms. The van der Waals surface area contributed by atoms with Crippen molar-refractivity contribution in [2.24, 2.45) is 5.92 Å². The predicted molar refractivity (Wildman–Crippen MR) is 97.8 cm³/mol. The van der Waals surface area contributed by atoms with Crippen LogP contribution in [0, 0.1) is 5.92 Å². The smallest absolute Gasteiger partial charge is 0.270 e. The lowest BCUT2D eigenvalue weighted by atomic mass is 9.95. The van der Waals surface area contributed by atoms with Crippen LogP contribution in [0.3, 0.4) is 0 Å². The van der Waals surface area contributed by atoms with Gasteiger partial charge >= 0.3 is 0 Å². The molecule has 25 heavy (non-hydrogen) atoms. The van der Waals surface area contributed by atoms with Crippen molar-refractivity contribution >= 4 is 34.3 Å². The minimum atomic E-state index is -0.000561. The molecule has 2 aliphatic rings. The number of hydrogen-bond acceptors (Lipinski definition) is 2. The van der Waals surface area contributed by atoms with Gasteiger partial charge in [0.25, 0.3) is 5.91 Å². The number of carbonyl (C=O) groups excluding carboxylic acids is 2. The van der Waals surface area contributed by atoms with Gasteiger partial charge in [0, 0.05) is 48.0 Å². The molecule has 132 valence electrons. The molecule has 2 amide bonds. The standard InChI is InChI=1S/C19H22ClN3O2/c20-15-3-4-16-14(11-15)12-17(21-16)19(25)23-9-5-13(6-10-23)18(24)22-7-1-2-8-22/h3-4,11-13,21H,1-2,5-10H2. The van der Waals surface area contributed by atoms with Crippen LogP contribution in [0.25, 0.3) is 10.9 Å². The molecule has 1 aromatic carbocycles. The van der Waals surface area contributed by atoms with Crippen LogP contribution in [0.1, 0.15) is 36.2 Å². The second-order valence-electron chi connectivity index (χ2n) is 7.01. The van der Waals surface area contributed by atoms with Gasteiger partial charge in [0.15, 0.2) is 0 Å². The van der Waals surface area contributed by atoms with E-state index in [0.717, 1.165) is 49.7 Å². The Bertz CT molecular complexity index is 802. The van der Waals surface area contributed by atoms with E-state index < -0.39 is 0 Å². The molecule has 5 nitrogen and oxygen atoms in total. The van der Waals surface area contributed by atoms with Gasteiger partial charge in [0.1, 0.15) is 5.69 Å². The van der Waals surface area contributed by atoms with Crippen LogP contribution >= 0.6 is 11.6 Å². The number of nitrogens with zero attached hydrogens (tertiary/aromatic N) is 2. The molecule has 4 rings (SSSR count). The zero-order chi connectivity index (χ0) is 17.4. The molecule has 1 N–H and O–H groups in total. The van der Waals surface area contributed by atoms with E-state index in [-0.39, 0.29) is 17.7 Å². The third-order valence-electron chi connectivity index (χ3n) is 5.36. The minimum Gasteiger partial charge on any atom is -0.351 e. The molecule has 0 radical (unpaired) electrons. The molecule has 0 atom stereocenters. The molecule has 2 aromatic rings. The van der Waals surface area contributed by atoms with E-state index in [0.29, 0.717) is 23.8 Å². The van der Waals surface area contributed by atoms with Crippen LogP contribution in [0.5, 0.6) is 0 Å². The number of amides is 2. The van der Waals surface area contributed by atoms with Gasteiger partial charge in [-0.3, -0.25) is 9.59 Å². The number of halogens is 1. The molecule has 6 heteroatoms. The lowest BCUT2D eigenvalue weighted by Crippen LogP contribution is -2.43. The fourth-order valence-electron chi connectivity index (χ4n) is 3.91. The number of carbonyl (C=O) groups is 2. The fourth-order valence-corrected chi connectivity index (χ4v) is 4.09. The number of benzene rings is 1. The Labute approximate surface area is 151 Å². The molecule has 0 saturated carbocycles.